The van der Waals surface area contributed by atoms with Gasteiger partial charge in [-0.15, -0.1) is 0 Å². The molecule has 1 aromatic carbocycles. The van der Waals surface area contributed by atoms with Crippen LogP contribution >= 0.6 is 0 Å². The van der Waals surface area contributed by atoms with Crippen molar-refractivity contribution in [1.82, 2.24) is 0 Å². The van der Waals surface area contributed by atoms with Crippen LogP contribution in [-0.4, -0.2) is 36.7 Å². The maximum atomic E-state index is 9.39. The quantitative estimate of drug-likeness (QED) is 0.594. The molecule has 1 aliphatic carbocycles. The van der Waals surface area contributed by atoms with E-state index in [9.17, 15) is 5.26 Å². The smallest absolute Gasteiger partial charge is 0.127 e. The van der Waals surface area contributed by atoms with Crippen LogP contribution in [0.1, 0.15) is 37.7 Å². The Morgan fingerprint density at radius 2 is 1.83 bits per heavy atom. The van der Waals surface area contributed by atoms with Crippen LogP contribution in [0.5, 0.6) is 5.75 Å². The second kappa shape index (κ2) is 7.63. The zero-order valence-corrected chi connectivity index (χ0v) is 13.2. The van der Waals surface area contributed by atoms with Gasteiger partial charge in [0.15, 0.2) is 0 Å². The van der Waals surface area contributed by atoms with Crippen LogP contribution in [0.25, 0.3) is 5.57 Å². The van der Waals surface area contributed by atoms with Crippen molar-refractivity contribution < 1.29 is 4.74 Å². The summed E-state index contributed by atoms with van der Waals surface area (Å²) in [6, 6.07) is 10.1. The molecule has 0 atom stereocenters. The number of allylic oxidation sites excluding steroid dienone is 2. The normalized spacial score (nSPS) is 14.3. The first-order valence-electron chi connectivity index (χ1n) is 6.12. The van der Waals surface area contributed by atoms with Crippen LogP contribution in [0.3, 0.4) is 0 Å². The summed E-state index contributed by atoms with van der Waals surface area (Å²) >= 11 is 0. The SMILES string of the molecule is COc1ccccc1C(C#N)=C1CCCCC1.[Na]. The largest absolute Gasteiger partial charge is 0.496 e. The molecule has 0 saturated heterocycles. The van der Waals surface area contributed by atoms with E-state index in [0.717, 1.165) is 29.7 Å². The first-order valence-corrected chi connectivity index (χ1v) is 6.12. The summed E-state index contributed by atoms with van der Waals surface area (Å²) < 4.78 is 5.33. The Morgan fingerprint density at radius 3 is 2.44 bits per heavy atom. The Morgan fingerprint density at radius 1 is 1.17 bits per heavy atom. The molecule has 0 bridgehead atoms. The van der Waals surface area contributed by atoms with Crippen molar-refractivity contribution in [1.29, 1.82) is 5.26 Å². The van der Waals surface area contributed by atoms with Crippen molar-refractivity contribution in [3.05, 3.63) is 35.4 Å². The summed E-state index contributed by atoms with van der Waals surface area (Å²) in [5.74, 6) is 0.794. The molecule has 0 amide bonds. The first kappa shape index (κ1) is 15.3. The number of hydrogen-bond donors (Lipinski definition) is 0. The molecule has 3 heteroatoms. The van der Waals surface area contributed by atoms with Crippen LogP contribution in [0.15, 0.2) is 29.8 Å². The van der Waals surface area contributed by atoms with E-state index in [0.29, 0.717) is 0 Å². The minimum Gasteiger partial charge on any atom is -0.496 e. The molecule has 2 nitrogen and oxygen atoms in total. The third-order valence-electron chi connectivity index (χ3n) is 3.30. The molecule has 1 radical (unpaired) electrons. The van der Waals surface area contributed by atoms with Crippen LogP contribution < -0.4 is 4.74 Å². The number of methoxy groups -OCH3 is 1. The van der Waals surface area contributed by atoms with Gasteiger partial charge in [0.25, 0.3) is 0 Å². The molecule has 0 N–H and O–H groups in total. The van der Waals surface area contributed by atoms with Gasteiger partial charge < -0.3 is 4.74 Å². The molecular formula is C15H17NNaO. The molecular weight excluding hydrogens is 233 g/mol. The van der Waals surface area contributed by atoms with Gasteiger partial charge in [0.2, 0.25) is 0 Å². The number of benzene rings is 1. The van der Waals surface area contributed by atoms with Crippen molar-refractivity contribution in [2.45, 2.75) is 32.1 Å². The minimum atomic E-state index is 0. The topological polar surface area (TPSA) is 33.0 Å². The van der Waals surface area contributed by atoms with Crippen LogP contribution in [0.4, 0.5) is 0 Å². The molecule has 0 unspecified atom stereocenters. The molecule has 89 valence electrons. The predicted octanol–water partition coefficient (Wildman–Crippen LogP) is 3.56. The number of para-hydroxylation sites is 1. The molecule has 0 spiro atoms. The molecule has 1 aliphatic rings. The zero-order chi connectivity index (χ0) is 12.1. The summed E-state index contributed by atoms with van der Waals surface area (Å²) in [6.45, 7) is 0. The second-order valence-corrected chi connectivity index (χ2v) is 4.35. The summed E-state index contributed by atoms with van der Waals surface area (Å²) in [5.41, 5.74) is 3.06. The Hall–Kier alpha value is -0.750. The van der Waals surface area contributed by atoms with Crippen LogP contribution in [0.2, 0.25) is 0 Å². The minimum absolute atomic E-state index is 0. The van der Waals surface area contributed by atoms with Crippen molar-refractivity contribution in [3.63, 3.8) is 0 Å². The van der Waals surface area contributed by atoms with Gasteiger partial charge in [-0.25, -0.2) is 0 Å². The van der Waals surface area contributed by atoms with Crippen LogP contribution in [0, 0.1) is 11.3 Å². The molecule has 1 fully saturated rings. The van der Waals surface area contributed by atoms with Gasteiger partial charge >= 0.3 is 0 Å². The van der Waals surface area contributed by atoms with Gasteiger partial charge in [-0.3, -0.25) is 0 Å². The fraction of sp³-hybridized carbons (Fsp3) is 0.400. The van der Waals surface area contributed by atoms with Crippen molar-refractivity contribution in [2.24, 2.45) is 0 Å². The average Bonchev–Trinajstić information content (AvgIpc) is 2.41. The molecule has 18 heavy (non-hydrogen) atoms. The van der Waals surface area contributed by atoms with Crippen molar-refractivity contribution >= 4 is 35.1 Å². The fourth-order valence-corrected chi connectivity index (χ4v) is 2.41. The monoisotopic (exact) mass is 250 g/mol. The van der Waals surface area contributed by atoms with E-state index in [4.69, 9.17) is 4.74 Å². The Kier molecular flexibility index (Phi) is 6.49. The Balaban J connectivity index is 0.00000162. The summed E-state index contributed by atoms with van der Waals surface area (Å²) in [7, 11) is 1.65. The van der Waals surface area contributed by atoms with Gasteiger partial charge in [-0.1, -0.05) is 24.1 Å². The molecule has 1 aromatic rings. The molecule has 0 aromatic heterocycles. The first-order chi connectivity index (χ1) is 8.36. The summed E-state index contributed by atoms with van der Waals surface area (Å²) in [5, 5.41) is 9.39. The van der Waals surface area contributed by atoms with Gasteiger partial charge in [-0.2, -0.15) is 5.26 Å². The van der Waals surface area contributed by atoms with E-state index in [-0.39, 0.29) is 29.6 Å². The molecule has 1 saturated carbocycles. The van der Waals surface area contributed by atoms with E-state index in [1.807, 2.05) is 24.3 Å². The molecule has 0 aliphatic heterocycles. The van der Waals surface area contributed by atoms with E-state index in [1.165, 1.54) is 24.8 Å². The molecule has 0 heterocycles. The average molecular weight is 250 g/mol. The molecule has 2 rings (SSSR count). The Labute approximate surface area is 131 Å². The van der Waals surface area contributed by atoms with Gasteiger partial charge in [0.05, 0.1) is 18.8 Å². The van der Waals surface area contributed by atoms with Crippen LogP contribution in [-0.2, 0) is 0 Å². The number of nitrogens with zero attached hydrogens (tertiary/aromatic N) is 1. The number of rotatable bonds is 2. The van der Waals surface area contributed by atoms with Crippen molar-refractivity contribution in [3.8, 4) is 11.8 Å². The predicted molar refractivity (Wildman–Crippen MR) is 74.4 cm³/mol. The number of nitriles is 1. The third-order valence-corrected chi connectivity index (χ3v) is 3.30. The van der Waals surface area contributed by atoms with Crippen molar-refractivity contribution in [2.75, 3.05) is 7.11 Å². The van der Waals surface area contributed by atoms with E-state index >= 15 is 0 Å². The van der Waals surface area contributed by atoms with E-state index in [2.05, 4.69) is 6.07 Å². The maximum absolute atomic E-state index is 9.39. The summed E-state index contributed by atoms with van der Waals surface area (Å²) in [6.07, 6.45) is 5.81. The van der Waals surface area contributed by atoms with E-state index in [1.54, 1.807) is 7.11 Å². The number of hydrogen-bond acceptors (Lipinski definition) is 2. The zero-order valence-electron chi connectivity index (χ0n) is 11.2. The standard InChI is InChI=1S/C15H17NO.Na/c1-17-15-10-6-5-9-13(15)14(11-16)12-7-3-2-4-8-12;/h5-6,9-10H,2-4,7-8H2,1H3;. The maximum Gasteiger partial charge on any atom is 0.127 e. The Bertz CT molecular complexity index is 466. The summed E-state index contributed by atoms with van der Waals surface area (Å²) in [4.78, 5) is 0. The number of ether oxygens (including phenoxy) is 1. The van der Waals surface area contributed by atoms with E-state index < -0.39 is 0 Å². The van der Waals surface area contributed by atoms with Gasteiger partial charge in [0.1, 0.15) is 5.75 Å². The second-order valence-electron chi connectivity index (χ2n) is 4.35. The fourth-order valence-electron chi connectivity index (χ4n) is 2.41. The third kappa shape index (κ3) is 3.38. The van der Waals surface area contributed by atoms with Gasteiger partial charge in [-0.05, 0) is 37.8 Å². The van der Waals surface area contributed by atoms with Gasteiger partial charge in [0, 0.05) is 35.1 Å².